The number of aromatic nitrogens is 2. The van der Waals surface area contributed by atoms with Crippen LogP contribution in [0.25, 0.3) is 11.0 Å². The van der Waals surface area contributed by atoms with E-state index in [9.17, 15) is 9.59 Å². The van der Waals surface area contributed by atoms with E-state index in [0.29, 0.717) is 22.3 Å². The molecule has 6 heteroatoms. The quantitative estimate of drug-likeness (QED) is 0.799. The molecule has 0 aliphatic heterocycles. The van der Waals surface area contributed by atoms with E-state index < -0.39 is 0 Å². The molecule has 0 saturated carbocycles. The maximum absolute atomic E-state index is 12.5. The lowest BCUT2D eigenvalue weighted by Crippen LogP contribution is -2.23. The van der Waals surface area contributed by atoms with Gasteiger partial charge in [0.1, 0.15) is 5.69 Å². The topological polar surface area (TPSA) is 75.2 Å². The van der Waals surface area contributed by atoms with Gasteiger partial charge in [-0.3, -0.25) is 14.6 Å². The van der Waals surface area contributed by atoms with Gasteiger partial charge in [-0.2, -0.15) is 0 Å². The zero-order valence-electron chi connectivity index (χ0n) is 14.3. The van der Waals surface area contributed by atoms with E-state index in [1.165, 1.54) is 11.1 Å². The van der Waals surface area contributed by atoms with E-state index in [1.54, 1.807) is 45.3 Å². The average molecular weight is 334 g/mol. The molecule has 0 unspecified atom stereocenters. The molecule has 2 amide bonds. The molecule has 0 spiro atoms. The Bertz CT molecular complexity index is 967. The second-order valence-corrected chi connectivity index (χ2v) is 5.88. The van der Waals surface area contributed by atoms with Crippen LogP contribution in [-0.2, 0) is 0 Å². The summed E-state index contributed by atoms with van der Waals surface area (Å²) in [5.74, 6) is -0.477. The van der Waals surface area contributed by atoms with Gasteiger partial charge in [0.05, 0.1) is 17.2 Å². The first-order valence-electron chi connectivity index (χ1n) is 7.82. The highest BCUT2D eigenvalue weighted by Gasteiger charge is 2.16. The molecule has 1 aromatic heterocycles. The average Bonchev–Trinajstić information content (AvgIpc) is 2.62. The van der Waals surface area contributed by atoms with Crippen molar-refractivity contribution in [2.24, 2.45) is 0 Å². The lowest BCUT2D eigenvalue weighted by Gasteiger charge is -2.15. The summed E-state index contributed by atoms with van der Waals surface area (Å²) in [7, 11) is 3.38. The fraction of sp³-hybridized carbons (Fsp3) is 0.158. The van der Waals surface area contributed by atoms with Gasteiger partial charge in [-0.05, 0) is 36.8 Å². The van der Waals surface area contributed by atoms with Crippen LogP contribution < -0.4 is 5.32 Å². The molecule has 126 valence electrons. The van der Waals surface area contributed by atoms with Gasteiger partial charge in [-0.25, -0.2) is 4.98 Å². The van der Waals surface area contributed by atoms with Crippen molar-refractivity contribution >= 4 is 28.5 Å². The van der Waals surface area contributed by atoms with E-state index in [4.69, 9.17) is 0 Å². The lowest BCUT2D eigenvalue weighted by atomic mass is 10.1. The van der Waals surface area contributed by atoms with Crippen LogP contribution in [0.15, 0.2) is 48.7 Å². The van der Waals surface area contributed by atoms with Gasteiger partial charge in [0, 0.05) is 25.3 Å². The Morgan fingerprint density at radius 1 is 1.00 bits per heavy atom. The van der Waals surface area contributed by atoms with Crippen molar-refractivity contribution in [2.75, 3.05) is 19.4 Å². The molecular formula is C19H18N4O2. The smallest absolute Gasteiger partial charge is 0.275 e. The highest BCUT2D eigenvalue weighted by molar-refractivity contribution is 6.05. The Morgan fingerprint density at radius 2 is 1.72 bits per heavy atom. The van der Waals surface area contributed by atoms with Crippen LogP contribution in [0.3, 0.4) is 0 Å². The Morgan fingerprint density at radius 3 is 2.44 bits per heavy atom. The summed E-state index contributed by atoms with van der Waals surface area (Å²) in [5.41, 5.74) is 3.45. The van der Waals surface area contributed by atoms with E-state index in [2.05, 4.69) is 15.3 Å². The highest BCUT2D eigenvalue weighted by Crippen LogP contribution is 2.21. The Labute approximate surface area is 145 Å². The second kappa shape index (κ2) is 6.68. The normalized spacial score (nSPS) is 10.5. The number of amides is 2. The Hall–Kier alpha value is -3.28. The summed E-state index contributed by atoms with van der Waals surface area (Å²) < 4.78 is 0. The van der Waals surface area contributed by atoms with Crippen molar-refractivity contribution in [2.45, 2.75) is 6.92 Å². The molecule has 1 N–H and O–H groups in total. The summed E-state index contributed by atoms with van der Waals surface area (Å²) in [6, 6.07) is 12.6. The van der Waals surface area contributed by atoms with Crippen LogP contribution in [0.2, 0.25) is 0 Å². The van der Waals surface area contributed by atoms with Gasteiger partial charge in [-0.1, -0.05) is 18.2 Å². The van der Waals surface area contributed by atoms with Crippen molar-refractivity contribution in [1.82, 2.24) is 14.9 Å². The van der Waals surface area contributed by atoms with E-state index in [-0.39, 0.29) is 17.5 Å². The number of para-hydroxylation sites is 2. The number of anilines is 1. The first-order valence-corrected chi connectivity index (χ1v) is 7.82. The first kappa shape index (κ1) is 16.6. The molecule has 0 fully saturated rings. The first-order chi connectivity index (χ1) is 12.0. The minimum atomic E-state index is -0.365. The predicted octanol–water partition coefficient (Wildman–Crippen LogP) is 2.89. The monoisotopic (exact) mass is 334 g/mol. The van der Waals surface area contributed by atoms with Crippen molar-refractivity contribution in [3.8, 4) is 0 Å². The van der Waals surface area contributed by atoms with Gasteiger partial charge < -0.3 is 10.2 Å². The number of carbonyl (C=O) groups excluding carboxylic acids is 2. The molecule has 0 aliphatic carbocycles. The molecule has 6 nitrogen and oxygen atoms in total. The van der Waals surface area contributed by atoms with Gasteiger partial charge in [-0.15, -0.1) is 0 Å². The number of carbonyl (C=O) groups is 2. The number of fused-ring (bicyclic) bond motifs is 1. The third-order valence-electron chi connectivity index (χ3n) is 3.90. The number of nitrogens with one attached hydrogen (secondary N) is 1. The summed E-state index contributed by atoms with van der Waals surface area (Å²) >= 11 is 0. The molecule has 25 heavy (non-hydrogen) atoms. The van der Waals surface area contributed by atoms with Crippen LogP contribution in [0.5, 0.6) is 0 Å². The molecular weight excluding hydrogens is 316 g/mol. The third-order valence-corrected chi connectivity index (χ3v) is 3.90. The van der Waals surface area contributed by atoms with Gasteiger partial charge in [0.2, 0.25) is 0 Å². The minimum Gasteiger partial charge on any atom is -0.345 e. The summed E-state index contributed by atoms with van der Waals surface area (Å²) in [6.07, 6.45) is 1.45. The number of rotatable bonds is 3. The number of benzene rings is 2. The van der Waals surface area contributed by atoms with E-state index in [1.807, 2.05) is 18.2 Å². The van der Waals surface area contributed by atoms with Crippen LogP contribution in [0, 0.1) is 6.92 Å². The van der Waals surface area contributed by atoms with E-state index in [0.717, 1.165) is 5.52 Å². The van der Waals surface area contributed by atoms with Crippen molar-refractivity contribution < 1.29 is 9.59 Å². The molecule has 3 aromatic rings. The maximum atomic E-state index is 12.5. The van der Waals surface area contributed by atoms with Crippen molar-refractivity contribution in [3.63, 3.8) is 0 Å². The number of nitrogens with zero attached hydrogens (tertiary/aromatic N) is 3. The summed E-state index contributed by atoms with van der Waals surface area (Å²) in [6.45, 7) is 1.80. The zero-order valence-corrected chi connectivity index (χ0v) is 14.3. The molecule has 0 bridgehead atoms. The van der Waals surface area contributed by atoms with Crippen molar-refractivity contribution in [3.05, 3.63) is 65.5 Å². The molecule has 0 radical (unpaired) electrons. The Balaban J connectivity index is 1.89. The summed E-state index contributed by atoms with van der Waals surface area (Å²) in [4.78, 5) is 34.8. The van der Waals surface area contributed by atoms with Gasteiger partial charge in [0.15, 0.2) is 0 Å². The molecule has 0 saturated heterocycles. The maximum Gasteiger partial charge on any atom is 0.275 e. The molecule has 0 atom stereocenters. The minimum absolute atomic E-state index is 0.112. The third kappa shape index (κ3) is 3.33. The zero-order chi connectivity index (χ0) is 18.0. The molecule has 3 rings (SSSR count). The largest absolute Gasteiger partial charge is 0.345 e. The van der Waals surface area contributed by atoms with Crippen molar-refractivity contribution in [1.29, 1.82) is 0 Å². The Kier molecular flexibility index (Phi) is 4.43. The lowest BCUT2D eigenvalue weighted by molar-refractivity contribution is 0.0826. The van der Waals surface area contributed by atoms with Crippen LogP contribution in [-0.4, -0.2) is 40.8 Å². The van der Waals surface area contributed by atoms with E-state index >= 15 is 0 Å². The second-order valence-electron chi connectivity index (χ2n) is 5.88. The molecule has 1 heterocycles. The van der Waals surface area contributed by atoms with Gasteiger partial charge >= 0.3 is 0 Å². The fourth-order valence-corrected chi connectivity index (χ4v) is 2.50. The highest BCUT2D eigenvalue weighted by atomic mass is 16.2. The molecule has 2 aromatic carbocycles. The van der Waals surface area contributed by atoms with Crippen LogP contribution in [0.4, 0.5) is 5.69 Å². The predicted molar refractivity (Wildman–Crippen MR) is 96.7 cm³/mol. The van der Waals surface area contributed by atoms with Gasteiger partial charge in [0.25, 0.3) is 11.8 Å². The number of hydrogen-bond acceptors (Lipinski definition) is 4. The standard InChI is InChI=1S/C19H18N4O2/c1-12-13(19(25)23(2)3)7-6-10-14(12)22-18(24)17-11-20-15-8-4-5-9-16(15)21-17/h4-11H,1-3H3,(H,22,24). The SMILES string of the molecule is Cc1c(NC(=O)c2cnc3ccccc3n2)cccc1C(=O)N(C)C. The number of hydrogen-bond donors (Lipinski definition) is 1. The summed E-state index contributed by atoms with van der Waals surface area (Å²) in [5, 5.41) is 2.81. The fourth-order valence-electron chi connectivity index (χ4n) is 2.50. The molecule has 0 aliphatic rings. The van der Waals surface area contributed by atoms with Crippen LogP contribution >= 0.6 is 0 Å². The van der Waals surface area contributed by atoms with Crippen LogP contribution in [0.1, 0.15) is 26.4 Å².